The maximum Gasteiger partial charge on any atom is 0.178 e. The van der Waals surface area contributed by atoms with Crippen LogP contribution in [0.5, 0.6) is 0 Å². The quantitative estimate of drug-likeness (QED) is 0.771. The van der Waals surface area contributed by atoms with Crippen LogP contribution in [0.3, 0.4) is 0 Å². The number of nitrogens with zero attached hydrogens (tertiary/aromatic N) is 7. The molecule has 2 aliphatic heterocycles. The molecule has 2 aliphatic rings. The van der Waals surface area contributed by atoms with Crippen LogP contribution < -0.4 is 4.90 Å². The van der Waals surface area contributed by atoms with Gasteiger partial charge in [-0.25, -0.2) is 0 Å². The second kappa shape index (κ2) is 7.33. The molecular weight excluding hydrogens is 342 g/mol. The summed E-state index contributed by atoms with van der Waals surface area (Å²) >= 11 is 0. The first-order valence-corrected chi connectivity index (χ1v) is 9.90. The molecule has 2 aromatic rings. The van der Waals surface area contributed by atoms with Gasteiger partial charge < -0.3 is 9.64 Å². The lowest BCUT2D eigenvalue weighted by molar-refractivity contribution is 0.0318. The molecule has 8 nitrogen and oxygen atoms in total. The third kappa shape index (κ3) is 3.93. The average molecular weight is 374 g/mol. The Balaban J connectivity index is 1.34. The van der Waals surface area contributed by atoms with Gasteiger partial charge in [0.25, 0.3) is 0 Å². The van der Waals surface area contributed by atoms with Crippen molar-refractivity contribution >= 4 is 11.5 Å². The lowest BCUT2D eigenvalue weighted by Crippen LogP contribution is -2.59. The van der Waals surface area contributed by atoms with Gasteiger partial charge in [0.1, 0.15) is 5.82 Å². The molecule has 2 fully saturated rings. The van der Waals surface area contributed by atoms with E-state index in [9.17, 15) is 0 Å². The fourth-order valence-electron chi connectivity index (χ4n) is 3.64. The van der Waals surface area contributed by atoms with Crippen LogP contribution in [-0.4, -0.2) is 95.2 Å². The summed E-state index contributed by atoms with van der Waals surface area (Å²) in [6, 6.07) is 4.66. The topological polar surface area (TPSA) is 62.0 Å². The summed E-state index contributed by atoms with van der Waals surface area (Å²) in [4.78, 5) is 7.30. The molecule has 0 radical (unpaired) electrons. The molecule has 4 rings (SSSR count). The zero-order chi connectivity index (χ0) is 19.0. The Morgan fingerprint density at radius 1 is 1.15 bits per heavy atom. The van der Waals surface area contributed by atoms with Gasteiger partial charge in [-0.05, 0) is 19.2 Å². The third-order valence-electron chi connectivity index (χ3n) is 5.60. The minimum atomic E-state index is -0.0811. The van der Waals surface area contributed by atoms with E-state index in [4.69, 9.17) is 9.84 Å². The second-order valence-corrected chi connectivity index (χ2v) is 8.73. The van der Waals surface area contributed by atoms with Crippen LogP contribution in [0, 0.1) is 0 Å². The number of likely N-dealkylation sites (N-methyl/N-ethyl adjacent to an activating group) is 1. The zero-order valence-corrected chi connectivity index (χ0v) is 16.9. The van der Waals surface area contributed by atoms with Crippen LogP contribution in [0.15, 0.2) is 12.1 Å². The molecule has 2 saturated heterocycles. The highest BCUT2D eigenvalue weighted by Crippen LogP contribution is 2.24. The normalized spacial score (nSPS) is 19.8. The van der Waals surface area contributed by atoms with E-state index in [0.717, 1.165) is 69.8 Å². The van der Waals surface area contributed by atoms with Gasteiger partial charge >= 0.3 is 0 Å². The Labute approximate surface area is 161 Å². The number of aromatic nitrogens is 4. The fourth-order valence-corrected chi connectivity index (χ4v) is 3.64. The molecule has 0 N–H and O–H groups in total. The van der Waals surface area contributed by atoms with Crippen molar-refractivity contribution in [2.75, 3.05) is 64.4 Å². The first kappa shape index (κ1) is 18.6. The monoisotopic (exact) mass is 373 g/mol. The number of fused-ring (bicyclic) bond motifs is 1. The largest absolute Gasteiger partial charge is 0.379 e. The van der Waals surface area contributed by atoms with Crippen LogP contribution in [0.1, 0.15) is 26.6 Å². The van der Waals surface area contributed by atoms with Gasteiger partial charge in [0.15, 0.2) is 11.5 Å². The van der Waals surface area contributed by atoms with Gasteiger partial charge in [-0.15, -0.1) is 15.3 Å². The number of rotatable bonds is 5. The molecule has 148 valence electrons. The van der Waals surface area contributed by atoms with Crippen molar-refractivity contribution in [2.45, 2.75) is 32.2 Å². The van der Waals surface area contributed by atoms with Crippen molar-refractivity contribution in [3.05, 3.63) is 18.0 Å². The van der Waals surface area contributed by atoms with Gasteiger partial charge in [0, 0.05) is 50.7 Å². The Kier molecular flexibility index (Phi) is 5.05. The maximum atomic E-state index is 5.42. The highest BCUT2D eigenvalue weighted by Gasteiger charge is 2.32. The van der Waals surface area contributed by atoms with Crippen molar-refractivity contribution in [2.24, 2.45) is 0 Å². The van der Waals surface area contributed by atoms with Gasteiger partial charge in [-0.2, -0.15) is 4.52 Å². The first-order chi connectivity index (χ1) is 12.9. The minimum Gasteiger partial charge on any atom is -0.379 e. The fraction of sp³-hybridized carbons (Fsp3) is 0.737. The average Bonchev–Trinajstić information content (AvgIpc) is 3.03. The Hall–Kier alpha value is -1.77. The smallest absolute Gasteiger partial charge is 0.178 e. The van der Waals surface area contributed by atoms with Crippen LogP contribution in [0.2, 0.25) is 0 Å². The first-order valence-electron chi connectivity index (χ1n) is 9.90. The maximum absolute atomic E-state index is 5.42. The summed E-state index contributed by atoms with van der Waals surface area (Å²) < 4.78 is 7.32. The van der Waals surface area contributed by atoms with Gasteiger partial charge in [0.05, 0.1) is 13.2 Å². The van der Waals surface area contributed by atoms with E-state index < -0.39 is 0 Å². The van der Waals surface area contributed by atoms with Crippen LogP contribution in [-0.2, 0) is 10.2 Å². The lowest BCUT2D eigenvalue weighted by Gasteiger charge is -2.45. The van der Waals surface area contributed by atoms with Crippen molar-refractivity contribution in [1.82, 2.24) is 29.6 Å². The molecule has 0 aromatic carbocycles. The summed E-state index contributed by atoms with van der Waals surface area (Å²) in [5.74, 6) is 1.91. The minimum absolute atomic E-state index is 0.0811. The molecule has 0 aliphatic carbocycles. The van der Waals surface area contributed by atoms with Crippen LogP contribution in [0.4, 0.5) is 5.82 Å². The molecular formula is C19H31N7O. The third-order valence-corrected chi connectivity index (χ3v) is 5.60. The SMILES string of the molecule is CN(CCN1CCOCC1)C1CN(c2ccc3nnc(C(C)(C)C)n3n2)C1. The number of hydrogen-bond donors (Lipinski definition) is 0. The number of hydrogen-bond acceptors (Lipinski definition) is 7. The summed E-state index contributed by atoms with van der Waals surface area (Å²) in [7, 11) is 2.23. The molecule has 0 unspecified atom stereocenters. The van der Waals surface area contributed by atoms with Gasteiger partial charge in [-0.3, -0.25) is 9.80 Å². The second-order valence-electron chi connectivity index (χ2n) is 8.73. The van der Waals surface area contributed by atoms with Crippen LogP contribution in [0.25, 0.3) is 5.65 Å². The molecule has 8 heteroatoms. The van der Waals surface area contributed by atoms with E-state index in [1.165, 1.54) is 0 Å². The Morgan fingerprint density at radius 3 is 2.59 bits per heavy atom. The molecule has 2 aromatic heterocycles. The molecule has 0 spiro atoms. The van der Waals surface area contributed by atoms with E-state index in [-0.39, 0.29) is 5.41 Å². The van der Waals surface area contributed by atoms with E-state index >= 15 is 0 Å². The highest BCUT2D eigenvalue weighted by atomic mass is 16.5. The van der Waals surface area contributed by atoms with Crippen molar-refractivity contribution in [3.63, 3.8) is 0 Å². The number of ether oxygens (including phenoxy) is 1. The Bertz CT molecular complexity index is 772. The van der Waals surface area contributed by atoms with Crippen molar-refractivity contribution in [3.8, 4) is 0 Å². The van der Waals surface area contributed by atoms with Crippen LogP contribution >= 0.6 is 0 Å². The van der Waals surface area contributed by atoms with E-state index in [2.05, 4.69) is 58.8 Å². The van der Waals surface area contributed by atoms with E-state index in [1.54, 1.807) is 0 Å². The summed E-state index contributed by atoms with van der Waals surface area (Å²) in [6.07, 6.45) is 0. The molecule has 0 bridgehead atoms. The highest BCUT2D eigenvalue weighted by molar-refractivity contribution is 5.48. The molecule has 0 saturated carbocycles. The number of morpholine rings is 1. The standard InChI is InChI=1S/C19H31N7O/c1-19(2,3)18-21-20-16-5-6-17(22-26(16)18)25-13-15(14-25)23(4)7-8-24-9-11-27-12-10-24/h5-6,15H,7-14H2,1-4H3. The van der Waals surface area contributed by atoms with Crippen molar-refractivity contribution in [1.29, 1.82) is 0 Å². The summed E-state index contributed by atoms with van der Waals surface area (Å²) in [5.41, 5.74) is 0.728. The predicted octanol–water partition coefficient (Wildman–Crippen LogP) is 0.874. The lowest BCUT2D eigenvalue weighted by atomic mass is 9.96. The molecule has 0 atom stereocenters. The van der Waals surface area contributed by atoms with Crippen molar-refractivity contribution < 1.29 is 4.74 Å². The molecule has 0 amide bonds. The molecule has 27 heavy (non-hydrogen) atoms. The molecule has 4 heterocycles. The van der Waals surface area contributed by atoms with Gasteiger partial charge in [0.2, 0.25) is 0 Å². The Morgan fingerprint density at radius 2 is 1.89 bits per heavy atom. The van der Waals surface area contributed by atoms with Gasteiger partial charge in [-0.1, -0.05) is 20.8 Å². The van der Waals surface area contributed by atoms with E-state index in [1.807, 2.05) is 10.6 Å². The van der Waals surface area contributed by atoms with E-state index in [0.29, 0.717) is 6.04 Å². The number of anilines is 1. The zero-order valence-electron chi connectivity index (χ0n) is 16.9. The predicted molar refractivity (Wildman–Crippen MR) is 105 cm³/mol. The summed E-state index contributed by atoms with van der Waals surface area (Å²) in [5, 5.41) is 13.4. The summed E-state index contributed by atoms with van der Waals surface area (Å²) in [6.45, 7) is 14.5.